The first-order chi connectivity index (χ1) is 13.3. The molecule has 0 aromatic rings. The number of hydrogen-bond donors (Lipinski definition) is 0. The van der Waals surface area contributed by atoms with Crippen LogP contribution in [0, 0.1) is 11.8 Å². The molecule has 1 aliphatic heterocycles. The van der Waals surface area contributed by atoms with Crippen LogP contribution in [0.25, 0.3) is 0 Å². The van der Waals surface area contributed by atoms with Crippen molar-refractivity contribution in [2.75, 3.05) is 6.61 Å². The van der Waals surface area contributed by atoms with Crippen molar-refractivity contribution in [3.05, 3.63) is 0 Å². The maximum Gasteiger partial charge on any atom is 0.309 e. The molecule has 0 radical (unpaired) electrons. The zero-order chi connectivity index (χ0) is 20.2. The van der Waals surface area contributed by atoms with Crippen LogP contribution in [0.3, 0.4) is 0 Å². The maximum atomic E-state index is 12.6. The Morgan fingerprint density at radius 2 is 1.39 bits per heavy atom. The Balaban J connectivity index is 1.66. The first-order valence-electron chi connectivity index (χ1n) is 11.9. The number of hydroxylamine groups is 2. The normalized spacial score (nSPS) is 28.0. The summed E-state index contributed by atoms with van der Waals surface area (Å²) in [5, 5.41) is 2.26. The molecule has 1 saturated heterocycles. The second-order valence-corrected chi connectivity index (χ2v) is 10.8. The minimum Gasteiger partial charge on any atom is -0.463 e. The van der Waals surface area contributed by atoms with Gasteiger partial charge in [0, 0.05) is 11.1 Å². The molecule has 0 spiro atoms. The van der Waals surface area contributed by atoms with Gasteiger partial charge in [-0.2, -0.15) is 5.06 Å². The molecule has 0 aromatic heterocycles. The molecule has 1 unspecified atom stereocenters. The summed E-state index contributed by atoms with van der Waals surface area (Å²) in [5.74, 6) is 0.631. The summed E-state index contributed by atoms with van der Waals surface area (Å²) in [6, 6.07) is 0. The molecule has 28 heavy (non-hydrogen) atoms. The average Bonchev–Trinajstić information content (AvgIpc) is 2.67. The van der Waals surface area contributed by atoms with E-state index in [0.29, 0.717) is 12.5 Å². The first kappa shape index (κ1) is 22.1. The van der Waals surface area contributed by atoms with E-state index in [-0.39, 0.29) is 29.1 Å². The largest absolute Gasteiger partial charge is 0.463 e. The second-order valence-electron chi connectivity index (χ2n) is 10.8. The molecular formula is C24H43NO3. The second kappa shape index (κ2) is 9.47. The third-order valence-electron chi connectivity index (χ3n) is 7.42. The lowest BCUT2D eigenvalue weighted by Crippen LogP contribution is -2.60. The van der Waals surface area contributed by atoms with E-state index in [0.717, 1.165) is 25.7 Å². The lowest BCUT2D eigenvalue weighted by atomic mass is 9.82. The number of nitrogens with zero attached hydrogens (tertiary/aromatic N) is 1. The molecule has 0 aromatic carbocycles. The third-order valence-corrected chi connectivity index (χ3v) is 7.42. The highest BCUT2D eigenvalue weighted by atomic mass is 16.7. The van der Waals surface area contributed by atoms with Crippen molar-refractivity contribution in [1.82, 2.24) is 5.06 Å². The number of hydrogen-bond acceptors (Lipinski definition) is 4. The lowest BCUT2D eigenvalue weighted by molar-refractivity contribution is -0.318. The Morgan fingerprint density at radius 3 is 1.96 bits per heavy atom. The highest BCUT2D eigenvalue weighted by Crippen LogP contribution is 2.40. The van der Waals surface area contributed by atoms with Crippen molar-refractivity contribution in [1.29, 1.82) is 0 Å². The quantitative estimate of drug-likeness (QED) is 0.516. The number of ether oxygens (including phenoxy) is 1. The predicted octanol–water partition coefficient (Wildman–Crippen LogP) is 6.03. The van der Waals surface area contributed by atoms with Gasteiger partial charge in [-0.3, -0.25) is 9.63 Å². The van der Waals surface area contributed by atoms with Crippen molar-refractivity contribution in [3.8, 4) is 0 Å². The van der Waals surface area contributed by atoms with Crippen LogP contribution in [0.2, 0.25) is 0 Å². The van der Waals surface area contributed by atoms with Crippen molar-refractivity contribution in [2.45, 2.75) is 128 Å². The van der Waals surface area contributed by atoms with E-state index < -0.39 is 0 Å². The summed E-state index contributed by atoms with van der Waals surface area (Å²) in [7, 11) is 0. The third kappa shape index (κ3) is 5.50. The Hall–Kier alpha value is -0.610. The first-order valence-corrected chi connectivity index (χ1v) is 11.9. The molecule has 0 bridgehead atoms. The van der Waals surface area contributed by atoms with E-state index in [4.69, 9.17) is 9.57 Å². The molecule has 0 amide bonds. The highest BCUT2D eigenvalue weighted by molar-refractivity contribution is 5.72. The van der Waals surface area contributed by atoms with Crippen LogP contribution < -0.4 is 0 Å². The standard InChI is InChI=1S/C24H43NO3/c1-23(2)16-11-17-24(3,4)25(23)28-21(19-12-7-5-8-13-19)18-27-22(26)20-14-9-6-10-15-20/h19-21H,5-18H2,1-4H3. The van der Waals surface area contributed by atoms with Gasteiger partial charge >= 0.3 is 5.97 Å². The van der Waals surface area contributed by atoms with Crippen LogP contribution in [0.4, 0.5) is 0 Å². The Bertz CT molecular complexity index is 488. The fourth-order valence-electron chi connectivity index (χ4n) is 5.78. The Morgan fingerprint density at radius 1 is 0.857 bits per heavy atom. The van der Waals surface area contributed by atoms with Gasteiger partial charge in [0.2, 0.25) is 0 Å². The van der Waals surface area contributed by atoms with Crippen LogP contribution in [0.15, 0.2) is 0 Å². The minimum atomic E-state index is -0.00973. The van der Waals surface area contributed by atoms with Gasteiger partial charge in [0.05, 0.1) is 5.92 Å². The molecule has 1 heterocycles. The minimum absolute atomic E-state index is 0.00973. The molecule has 4 nitrogen and oxygen atoms in total. The Kier molecular flexibility index (Phi) is 7.47. The van der Waals surface area contributed by atoms with Crippen molar-refractivity contribution in [3.63, 3.8) is 0 Å². The van der Waals surface area contributed by atoms with Crippen molar-refractivity contribution < 1.29 is 14.4 Å². The van der Waals surface area contributed by atoms with Crippen LogP contribution >= 0.6 is 0 Å². The van der Waals surface area contributed by atoms with Gasteiger partial charge in [-0.25, -0.2) is 0 Å². The zero-order valence-corrected chi connectivity index (χ0v) is 18.8. The Labute approximate surface area is 172 Å². The van der Waals surface area contributed by atoms with Gasteiger partial charge in [0.15, 0.2) is 0 Å². The van der Waals surface area contributed by atoms with Gasteiger partial charge < -0.3 is 4.74 Å². The molecule has 3 fully saturated rings. The molecular weight excluding hydrogens is 350 g/mol. The smallest absolute Gasteiger partial charge is 0.309 e. The number of carbonyl (C=O) groups excluding carboxylic acids is 1. The monoisotopic (exact) mass is 393 g/mol. The summed E-state index contributed by atoms with van der Waals surface area (Å²) in [4.78, 5) is 19.4. The van der Waals surface area contributed by atoms with E-state index in [9.17, 15) is 4.79 Å². The van der Waals surface area contributed by atoms with Gasteiger partial charge in [-0.1, -0.05) is 38.5 Å². The maximum absolute atomic E-state index is 12.6. The summed E-state index contributed by atoms with van der Waals surface area (Å²) < 4.78 is 5.88. The summed E-state index contributed by atoms with van der Waals surface area (Å²) in [6.07, 6.45) is 15.4. The van der Waals surface area contributed by atoms with E-state index in [1.807, 2.05) is 0 Å². The highest BCUT2D eigenvalue weighted by Gasteiger charge is 2.44. The average molecular weight is 394 g/mol. The zero-order valence-electron chi connectivity index (χ0n) is 18.8. The van der Waals surface area contributed by atoms with E-state index >= 15 is 0 Å². The van der Waals surface area contributed by atoms with Crippen molar-refractivity contribution in [2.24, 2.45) is 11.8 Å². The van der Waals surface area contributed by atoms with Crippen molar-refractivity contribution >= 4 is 5.97 Å². The van der Waals surface area contributed by atoms with Gasteiger partial charge in [0.25, 0.3) is 0 Å². The van der Waals surface area contributed by atoms with E-state index in [1.54, 1.807) is 0 Å². The van der Waals surface area contributed by atoms with Gasteiger partial charge in [-0.15, -0.1) is 0 Å². The van der Waals surface area contributed by atoms with Crippen LogP contribution in [0.5, 0.6) is 0 Å². The summed E-state index contributed by atoms with van der Waals surface area (Å²) >= 11 is 0. The molecule has 0 N–H and O–H groups in total. The molecule has 3 rings (SSSR count). The summed E-state index contributed by atoms with van der Waals surface area (Å²) in [6.45, 7) is 9.59. The fraction of sp³-hybridized carbons (Fsp3) is 0.958. The SMILES string of the molecule is CC1(C)CCCC(C)(C)N1OC(COC(=O)C1CCCCC1)C1CCCCC1. The predicted molar refractivity (Wildman–Crippen MR) is 113 cm³/mol. The molecule has 2 aliphatic carbocycles. The van der Waals surface area contributed by atoms with Crippen LogP contribution in [-0.2, 0) is 14.4 Å². The molecule has 162 valence electrons. The van der Waals surface area contributed by atoms with Crippen LogP contribution in [0.1, 0.15) is 111 Å². The summed E-state index contributed by atoms with van der Waals surface area (Å²) in [5.41, 5.74) is 0.0318. The van der Waals surface area contributed by atoms with Gasteiger partial charge in [-0.05, 0) is 78.6 Å². The number of carbonyl (C=O) groups is 1. The molecule has 4 heteroatoms. The van der Waals surface area contributed by atoms with E-state index in [2.05, 4.69) is 32.8 Å². The topological polar surface area (TPSA) is 38.8 Å². The molecule has 3 aliphatic rings. The molecule has 1 atom stereocenters. The number of piperidine rings is 1. The lowest BCUT2D eigenvalue weighted by Gasteiger charge is -2.53. The van der Waals surface area contributed by atoms with E-state index in [1.165, 1.54) is 57.8 Å². The van der Waals surface area contributed by atoms with Gasteiger partial charge in [0.1, 0.15) is 12.7 Å². The fourth-order valence-corrected chi connectivity index (χ4v) is 5.78. The number of esters is 1. The number of rotatable bonds is 6. The van der Waals surface area contributed by atoms with Crippen LogP contribution in [-0.4, -0.2) is 34.8 Å². The molecule has 2 saturated carbocycles.